The van der Waals surface area contributed by atoms with Crippen molar-refractivity contribution in [2.75, 3.05) is 37.9 Å². The largest absolute Gasteiger partial charge is 0.489 e. The van der Waals surface area contributed by atoms with Crippen LogP contribution in [0, 0.1) is 0 Å². The van der Waals surface area contributed by atoms with E-state index < -0.39 is 0 Å². The van der Waals surface area contributed by atoms with Crippen LogP contribution in [0.3, 0.4) is 0 Å². The van der Waals surface area contributed by atoms with E-state index in [1.807, 2.05) is 37.3 Å². The highest BCUT2D eigenvalue weighted by atomic mass is 16.5. The van der Waals surface area contributed by atoms with E-state index in [0.29, 0.717) is 6.61 Å². The van der Waals surface area contributed by atoms with Crippen LogP contribution in [0.1, 0.15) is 25.8 Å². The fraction of sp³-hybridized carbons (Fsp3) is 0.360. The van der Waals surface area contributed by atoms with Gasteiger partial charge in [0.05, 0.1) is 17.9 Å². The molecular weight excluding hydrogens is 374 g/mol. The maximum absolute atomic E-state index is 5.91. The molecule has 0 saturated carbocycles. The zero-order chi connectivity index (χ0) is 20.8. The first-order valence-corrected chi connectivity index (χ1v) is 10.8. The Hall–Kier alpha value is -2.92. The molecule has 1 N–H and O–H groups in total. The van der Waals surface area contributed by atoms with Crippen molar-refractivity contribution >= 4 is 5.69 Å². The quantitative estimate of drug-likeness (QED) is 0.622. The van der Waals surface area contributed by atoms with Gasteiger partial charge in [0.25, 0.3) is 0 Å². The van der Waals surface area contributed by atoms with Gasteiger partial charge in [-0.3, -0.25) is 10.4 Å². The molecule has 0 amide bonds. The molecule has 0 unspecified atom stereocenters. The van der Waals surface area contributed by atoms with Gasteiger partial charge in [0, 0.05) is 37.6 Å². The smallest absolute Gasteiger partial charge is 0.119 e. The van der Waals surface area contributed by atoms with Gasteiger partial charge in [-0.2, -0.15) is 0 Å². The highest BCUT2D eigenvalue weighted by Gasteiger charge is 2.27. The molecule has 0 aromatic heterocycles. The molecule has 0 atom stereocenters. The number of allylic oxidation sites excluding steroid dienone is 1. The van der Waals surface area contributed by atoms with Crippen molar-refractivity contribution in [1.29, 1.82) is 0 Å². The molecule has 4 rings (SSSR count). The lowest BCUT2D eigenvalue weighted by Gasteiger charge is -2.29. The van der Waals surface area contributed by atoms with Crippen LogP contribution in [-0.4, -0.2) is 37.7 Å². The predicted octanol–water partition coefficient (Wildman–Crippen LogP) is 4.49. The van der Waals surface area contributed by atoms with Gasteiger partial charge in [0.15, 0.2) is 0 Å². The Morgan fingerprint density at radius 1 is 1.03 bits per heavy atom. The third-order valence-electron chi connectivity index (χ3n) is 5.64. The molecule has 1 saturated heterocycles. The summed E-state index contributed by atoms with van der Waals surface area (Å²) in [6.07, 6.45) is 3.35. The average Bonchev–Trinajstić information content (AvgIpc) is 3.23. The minimum atomic E-state index is 0.584. The summed E-state index contributed by atoms with van der Waals surface area (Å²) in [6, 6.07) is 18.5. The number of ether oxygens (including phenoxy) is 2. The zero-order valence-corrected chi connectivity index (χ0v) is 17.9. The van der Waals surface area contributed by atoms with Gasteiger partial charge in [-0.25, -0.2) is 0 Å². The lowest BCUT2D eigenvalue weighted by Crippen LogP contribution is -2.30. The molecule has 0 aliphatic carbocycles. The lowest BCUT2D eigenvalue weighted by molar-refractivity contribution is 0.137. The number of benzene rings is 2. The second-order valence-corrected chi connectivity index (χ2v) is 7.64. The number of hydrazine groups is 1. The fourth-order valence-corrected chi connectivity index (χ4v) is 3.88. The summed E-state index contributed by atoms with van der Waals surface area (Å²) < 4.78 is 11.4. The molecule has 2 aliphatic heterocycles. The molecule has 0 spiro atoms. The minimum absolute atomic E-state index is 0.584. The van der Waals surface area contributed by atoms with Crippen molar-refractivity contribution < 1.29 is 9.47 Å². The van der Waals surface area contributed by atoms with E-state index in [4.69, 9.17) is 9.47 Å². The summed E-state index contributed by atoms with van der Waals surface area (Å²) in [4.78, 5) is 2.45. The summed E-state index contributed by atoms with van der Waals surface area (Å²) in [7, 11) is 0. The van der Waals surface area contributed by atoms with Crippen LogP contribution < -0.4 is 15.2 Å². The zero-order valence-electron chi connectivity index (χ0n) is 17.9. The Labute approximate surface area is 179 Å². The fourth-order valence-electron chi connectivity index (χ4n) is 3.88. The van der Waals surface area contributed by atoms with Crippen molar-refractivity contribution in [3.05, 3.63) is 83.2 Å². The van der Waals surface area contributed by atoms with E-state index in [1.54, 1.807) is 0 Å². The van der Waals surface area contributed by atoms with Gasteiger partial charge in [-0.1, -0.05) is 30.3 Å². The van der Waals surface area contributed by atoms with Crippen LogP contribution in [0.2, 0.25) is 0 Å². The topological polar surface area (TPSA) is 37.0 Å². The third-order valence-corrected chi connectivity index (χ3v) is 5.64. The summed E-state index contributed by atoms with van der Waals surface area (Å²) in [5, 5.41) is 2.20. The molecule has 1 fully saturated rings. The molecular formula is C25H31N3O2. The molecule has 0 bridgehead atoms. The van der Waals surface area contributed by atoms with Crippen molar-refractivity contribution in [2.24, 2.45) is 0 Å². The Morgan fingerprint density at radius 2 is 1.83 bits per heavy atom. The van der Waals surface area contributed by atoms with Crippen molar-refractivity contribution in [3.8, 4) is 5.75 Å². The second kappa shape index (κ2) is 9.72. The van der Waals surface area contributed by atoms with E-state index >= 15 is 0 Å². The molecule has 2 heterocycles. The Balaban J connectivity index is 1.35. The number of hydrogen-bond acceptors (Lipinski definition) is 5. The molecule has 30 heavy (non-hydrogen) atoms. The first-order chi connectivity index (χ1) is 14.7. The minimum Gasteiger partial charge on any atom is -0.489 e. The molecule has 2 aliphatic rings. The highest BCUT2D eigenvalue weighted by molar-refractivity contribution is 5.56. The van der Waals surface area contributed by atoms with Crippen molar-refractivity contribution in [1.82, 2.24) is 10.3 Å². The molecule has 5 nitrogen and oxygen atoms in total. The normalized spacial score (nSPS) is 15.7. The SMILES string of the molecule is CCOCCCN1CC=C2NN(c3ccc(OCc4ccccc4)cc3)CC2=C1C. The standard InChI is InChI=1S/C25H31N3O2/c1-3-29-17-7-15-27-16-14-25-24(20(27)2)18-28(26-25)22-10-12-23(13-11-22)30-19-21-8-5-4-6-9-21/h4-6,8-14,26H,3,7,15-19H2,1-2H3. The summed E-state index contributed by atoms with van der Waals surface area (Å²) in [5.74, 6) is 0.884. The van der Waals surface area contributed by atoms with E-state index in [2.05, 4.69) is 52.6 Å². The van der Waals surface area contributed by atoms with Crippen molar-refractivity contribution in [2.45, 2.75) is 26.9 Å². The third kappa shape index (κ3) is 4.79. The number of rotatable bonds is 9. The Kier molecular flexibility index (Phi) is 6.60. The molecule has 5 heteroatoms. The van der Waals surface area contributed by atoms with Gasteiger partial charge in [0.1, 0.15) is 12.4 Å². The number of fused-ring (bicyclic) bond motifs is 1. The highest BCUT2D eigenvalue weighted by Crippen LogP contribution is 2.30. The monoisotopic (exact) mass is 405 g/mol. The number of nitrogens with one attached hydrogen (secondary N) is 1. The van der Waals surface area contributed by atoms with Gasteiger partial charge in [-0.05, 0) is 56.2 Å². The Bertz CT molecular complexity index is 890. The van der Waals surface area contributed by atoms with E-state index in [-0.39, 0.29) is 0 Å². The van der Waals surface area contributed by atoms with E-state index in [0.717, 1.165) is 50.7 Å². The number of nitrogens with zero attached hydrogens (tertiary/aromatic N) is 2. The molecule has 0 radical (unpaired) electrons. The maximum Gasteiger partial charge on any atom is 0.119 e. The lowest BCUT2D eigenvalue weighted by atomic mass is 10.1. The van der Waals surface area contributed by atoms with Crippen LogP contribution in [0.25, 0.3) is 0 Å². The number of anilines is 1. The molecule has 2 aromatic carbocycles. The van der Waals surface area contributed by atoms with E-state index in [9.17, 15) is 0 Å². The average molecular weight is 406 g/mol. The van der Waals surface area contributed by atoms with Gasteiger partial charge >= 0.3 is 0 Å². The van der Waals surface area contributed by atoms with Gasteiger partial charge < -0.3 is 14.4 Å². The summed E-state index contributed by atoms with van der Waals surface area (Å²) >= 11 is 0. The van der Waals surface area contributed by atoms with Crippen LogP contribution >= 0.6 is 0 Å². The first kappa shape index (κ1) is 20.4. The van der Waals surface area contributed by atoms with Crippen LogP contribution in [0.5, 0.6) is 5.75 Å². The summed E-state index contributed by atoms with van der Waals surface area (Å²) in [6.45, 7) is 9.33. The molecule has 158 valence electrons. The number of hydrogen-bond donors (Lipinski definition) is 1. The van der Waals surface area contributed by atoms with Gasteiger partial charge in [-0.15, -0.1) is 0 Å². The first-order valence-electron chi connectivity index (χ1n) is 10.8. The van der Waals surface area contributed by atoms with Crippen molar-refractivity contribution in [3.63, 3.8) is 0 Å². The van der Waals surface area contributed by atoms with E-state index in [1.165, 1.54) is 22.5 Å². The molecule has 2 aromatic rings. The van der Waals surface area contributed by atoms with Crippen LogP contribution in [0.4, 0.5) is 5.69 Å². The van der Waals surface area contributed by atoms with Crippen LogP contribution in [0.15, 0.2) is 77.6 Å². The van der Waals surface area contributed by atoms with Crippen LogP contribution in [-0.2, 0) is 11.3 Å². The maximum atomic E-state index is 5.91. The second-order valence-electron chi connectivity index (χ2n) is 7.64. The summed E-state index contributed by atoms with van der Waals surface area (Å²) in [5.41, 5.74) is 9.84. The Morgan fingerprint density at radius 3 is 2.60 bits per heavy atom. The predicted molar refractivity (Wildman–Crippen MR) is 121 cm³/mol. The van der Waals surface area contributed by atoms with Gasteiger partial charge in [0.2, 0.25) is 0 Å².